The van der Waals surface area contributed by atoms with Crippen molar-refractivity contribution in [2.75, 3.05) is 6.61 Å². The second kappa shape index (κ2) is 6.32. The van der Waals surface area contributed by atoms with Gasteiger partial charge in [0.15, 0.2) is 0 Å². The number of aromatic nitrogens is 6. The summed E-state index contributed by atoms with van der Waals surface area (Å²) in [5.74, 6) is 0.393. The van der Waals surface area contributed by atoms with E-state index in [0.717, 1.165) is 11.6 Å². The fourth-order valence-electron chi connectivity index (χ4n) is 2.54. The SMILES string of the molecule is C[Si](C)(C)CCOCn1nc2c(c1-c1nn[nH]n1)CN(C(=O)O)C2. The Hall–Kier alpha value is -2.27. The molecule has 0 unspecified atom stereocenters. The molecule has 1 aliphatic heterocycles. The number of H-pyrrole nitrogens is 1. The van der Waals surface area contributed by atoms with Gasteiger partial charge in [0, 0.05) is 20.2 Å². The van der Waals surface area contributed by atoms with Crippen molar-refractivity contribution in [3.8, 4) is 11.5 Å². The molecule has 1 aliphatic rings. The molecular formula is C13H21N7O3Si. The van der Waals surface area contributed by atoms with E-state index in [9.17, 15) is 4.79 Å². The van der Waals surface area contributed by atoms with Crippen molar-refractivity contribution in [2.45, 2.75) is 45.5 Å². The fraction of sp³-hybridized carbons (Fsp3) is 0.615. The minimum absolute atomic E-state index is 0.261. The van der Waals surface area contributed by atoms with Crippen LogP contribution >= 0.6 is 0 Å². The molecule has 0 aliphatic carbocycles. The molecule has 1 amide bonds. The van der Waals surface area contributed by atoms with Crippen LogP contribution in [0.1, 0.15) is 11.3 Å². The number of fused-ring (bicyclic) bond motifs is 1. The van der Waals surface area contributed by atoms with Gasteiger partial charge >= 0.3 is 6.09 Å². The van der Waals surface area contributed by atoms with E-state index >= 15 is 0 Å². The van der Waals surface area contributed by atoms with Crippen molar-refractivity contribution in [3.05, 3.63) is 11.3 Å². The summed E-state index contributed by atoms with van der Waals surface area (Å²) in [4.78, 5) is 12.5. The quantitative estimate of drug-likeness (QED) is 0.595. The highest BCUT2D eigenvalue weighted by atomic mass is 28.3. The molecule has 0 radical (unpaired) electrons. The van der Waals surface area contributed by atoms with Crippen LogP contribution in [0.5, 0.6) is 0 Å². The topological polar surface area (TPSA) is 122 Å². The second-order valence-corrected chi connectivity index (χ2v) is 12.6. The third-order valence-corrected chi connectivity index (χ3v) is 5.57. The molecule has 3 heterocycles. The van der Waals surface area contributed by atoms with Crippen LogP contribution in [-0.2, 0) is 24.6 Å². The summed E-state index contributed by atoms with van der Waals surface area (Å²) < 4.78 is 7.46. The maximum atomic E-state index is 11.2. The first-order chi connectivity index (χ1) is 11.3. The first-order valence-electron chi connectivity index (χ1n) is 7.73. The number of carboxylic acid groups (broad SMARTS) is 1. The van der Waals surface area contributed by atoms with Gasteiger partial charge in [-0.3, -0.25) is 4.90 Å². The lowest BCUT2D eigenvalue weighted by molar-refractivity contribution is 0.0787. The lowest BCUT2D eigenvalue weighted by Gasteiger charge is -2.16. The summed E-state index contributed by atoms with van der Waals surface area (Å²) in [6, 6.07) is 1.07. The van der Waals surface area contributed by atoms with Gasteiger partial charge in [-0.1, -0.05) is 19.6 Å². The molecule has 0 atom stereocenters. The molecule has 0 bridgehead atoms. The predicted molar refractivity (Wildman–Crippen MR) is 86.8 cm³/mol. The number of rotatable bonds is 6. The zero-order valence-electron chi connectivity index (χ0n) is 14.0. The van der Waals surface area contributed by atoms with Crippen LogP contribution in [0.3, 0.4) is 0 Å². The van der Waals surface area contributed by atoms with Crippen LogP contribution < -0.4 is 0 Å². The number of nitrogens with one attached hydrogen (secondary N) is 1. The highest BCUT2D eigenvalue weighted by Gasteiger charge is 2.32. The summed E-state index contributed by atoms with van der Waals surface area (Å²) in [5.41, 5.74) is 2.19. The average molecular weight is 351 g/mol. The highest BCUT2D eigenvalue weighted by Crippen LogP contribution is 2.30. The van der Waals surface area contributed by atoms with Crippen molar-refractivity contribution >= 4 is 14.2 Å². The van der Waals surface area contributed by atoms with Crippen LogP contribution in [0.15, 0.2) is 0 Å². The van der Waals surface area contributed by atoms with Crippen molar-refractivity contribution < 1.29 is 14.6 Å². The third kappa shape index (κ3) is 3.46. The number of tetrazole rings is 1. The number of ether oxygens (including phenoxy) is 1. The third-order valence-electron chi connectivity index (χ3n) is 3.86. The average Bonchev–Trinajstić information content (AvgIpc) is 3.17. The van der Waals surface area contributed by atoms with Crippen LogP contribution in [0, 0.1) is 0 Å². The Labute approximate surface area is 139 Å². The zero-order chi connectivity index (χ0) is 17.3. The molecule has 0 spiro atoms. The fourth-order valence-corrected chi connectivity index (χ4v) is 3.30. The van der Waals surface area contributed by atoms with Crippen molar-refractivity contribution in [3.63, 3.8) is 0 Å². The summed E-state index contributed by atoms with van der Waals surface area (Å²) in [7, 11) is -1.15. The van der Waals surface area contributed by atoms with Gasteiger partial charge in [0.25, 0.3) is 0 Å². The minimum atomic E-state index is -1.15. The van der Waals surface area contributed by atoms with Crippen LogP contribution in [0.4, 0.5) is 4.79 Å². The maximum absolute atomic E-state index is 11.2. The highest BCUT2D eigenvalue weighted by molar-refractivity contribution is 6.76. The smallest absolute Gasteiger partial charge is 0.407 e. The summed E-state index contributed by atoms with van der Waals surface area (Å²) in [5, 5.41) is 27.7. The van der Waals surface area contributed by atoms with Gasteiger partial charge in [0.1, 0.15) is 12.4 Å². The molecule has 2 aromatic rings. The van der Waals surface area contributed by atoms with Gasteiger partial charge in [0.2, 0.25) is 5.82 Å². The molecule has 0 aromatic carbocycles. The molecule has 2 N–H and O–H groups in total. The summed E-state index contributed by atoms with van der Waals surface area (Å²) >= 11 is 0. The molecule has 130 valence electrons. The molecule has 0 fully saturated rings. The Morgan fingerprint density at radius 3 is 2.79 bits per heavy atom. The normalized spacial score (nSPS) is 14.2. The lowest BCUT2D eigenvalue weighted by atomic mass is 10.2. The van der Waals surface area contributed by atoms with E-state index < -0.39 is 14.2 Å². The number of hydrogen-bond donors (Lipinski definition) is 2. The minimum Gasteiger partial charge on any atom is -0.465 e. The first-order valence-corrected chi connectivity index (χ1v) is 11.4. The maximum Gasteiger partial charge on any atom is 0.407 e. The number of nitrogens with zero attached hydrogens (tertiary/aromatic N) is 6. The monoisotopic (exact) mass is 351 g/mol. The largest absolute Gasteiger partial charge is 0.465 e. The van der Waals surface area contributed by atoms with Gasteiger partial charge in [0.05, 0.1) is 18.8 Å². The Balaban J connectivity index is 1.78. The molecule has 0 saturated heterocycles. The standard InChI is InChI=1S/C13H21N7O3Si/c1-24(2,3)5-4-23-8-20-11(12-14-17-18-15-12)9-6-19(13(21)22)7-10(9)16-20/h4-8H2,1-3H3,(H,21,22)(H,14,15,17,18). The van der Waals surface area contributed by atoms with Crippen LogP contribution in [0.2, 0.25) is 25.7 Å². The first kappa shape index (κ1) is 16.6. The molecule has 3 rings (SSSR count). The molecule has 10 nitrogen and oxygen atoms in total. The lowest BCUT2D eigenvalue weighted by Crippen LogP contribution is -2.24. The molecule has 11 heteroatoms. The number of aromatic amines is 1. The van der Waals surface area contributed by atoms with E-state index in [1.54, 1.807) is 4.68 Å². The number of amides is 1. The Morgan fingerprint density at radius 1 is 1.38 bits per heavy atom. The Morgan fingerprint density at radius 2 is 2.17 bits per heavy atom. The van der Waals surface area contributed by atoms with Gasteiger partial charge in [-0.25, -0.2) is 9.48 Å². The van der Waals surface area contributed by atoms with Gasteiger partial charge in [-0.05, 0) is 11.3 Å². The van der Waals surface area contributed by atoms with E-state index in [1.165, 1.54) is 4.90 Å². The molecule has 0 saturated carbocycles. The van der Waals surface area contributed by atoms with Gasteiger partial charge in [-0.2, -0.15) is 10.3 Å². The van der Waals surface area contributed by atoms with Gasteiger partial charge in [-0.15, -0.1) is 10.2 Å². The van der Waals surface area contributed by atoms with Crippen LogP contribution in [0.25, 0.3) is 11.5 Å². The van der Waals surface area contributed by atoms with Crippen molar-refractivity contribution in [1.82, 2.24) is 35.3 Å². The van der Waals surface area contributed by atoms with E-state index in [1.807, 2.05) is 0 Å². The molecular weight excluding hydrogens is 330 g/mol. The van der Waals surface area contributed by atoms with E-state index in [-0.39, 0.29) is 19.8 Å². The summed E-state index contributed by atoms with van der Waals surface area (Å²) in [6.07, 6.45) is -0.968. The van der Waals surface area contributed by atoms with Gasteiger partial charge < -0.3 is 9.84 Å². The second-order valence-electron chi connectivity index (χ2n) is 7.00. The van der Waals surface area contributed by atoms with Crippen molar-refractivity contribution in [1.29, 1.82) is 0 Å². The van der Waals surface area contributed by atoms with Crippen molar-refractivity contribution in [2.24, 2.45) is 0 Å². The molecule has 24 heavy (non-hydrogen) atoms. The molecule has 2 aromatic heterocycles. The Kier molecular flexibility index (Phi) is 4.37. The zero-order valence-corrected chi connectivity index (χ0v) is 15.0. The van der Waals surface area contributed by atoms with E-state index in [0.29, 0.717) is 23.8 Å². The number of carbonyl (C=O) groups is 1. The predicted octanol–water partition coefficient (Wildman–Crippen LogP) is 1.37. The van der Waals surface area contributed by atoms with E-state index in [2.05, 4.69) is 45.4 Å². The number of hydrogen-bond acceptors (Lipinski definition) is 6. The van der Waals surface area contributed by atoms with E-state index in [4.69, 9.17) is 9.84 Å². The Bertz CT molecular complexity index is 723. The van der Waals surface area contributed by atoms with Crippen LogP contribution in [-0.4, -0.2) is 61.2 Å². The summed E-state index contributed by atoms with van der Waals surface area (Å²) in [6.45, 7) is 8.38.